The smallest absolute Gasteiger partial charge is 0.109 e. The van der Waals surface area contributed by atoms with E-state index in [0.717, 1.165) is 12.8 Å². The van der Waals surface area contributed by atoms with Crippen molar-refractivity contribution >= 4 is 28.5 Å². The number of fused-ring (bicyclic) bond motifs is 3. The second kappa shape index (κ2) is 17.1. The van der Waals surface area contributed by atoms with E-state index in [-0.39, 0.29) is 35.6 Å². The fraction of sp³-hybridized carbons (Fsp3) is 0.324. The Hall–Kier alpha value is -1.53. The van der Waals surface area contributed by atoms with E-state index in [1.54, 1.807) is 0 Å². The van der Waals surface area contributed by atoms with Crippen molar-refractivity contribution in [2.75, 3.05) is 0 Å². The summed E-state index contributed by atoms with van der Waals surface area (Å²) in [6.07, 6.45) is 11.0. The number of hydrogen-bond donors (Lipinski definition) is 0. The Balaban J connectivity index is 0.000000665. The monoisotopic (exact) mass is 609 g/mol. The minimum Gasteiger partial charge on any atom is -0.273 e. The van der Waals surface area contributed by atoms with Crippen LogP contribution in [0.4, 0.5) is 0 Å². The van der Waals surface area contributed by atoms with Gasteiger partial charge in [0.2, 0.25) is 0 Å². The summed E-state index contributed by atoms with van der Waals surface area (Å²) in [5, 5.41) is 0. The third kappa shape index (κ3) is 11.8. The van der Waals surface area contributed by atoms with E-state index in [4.69, 9.17) is 0 Å². The maximum Gasteiger partial charge on any atom is -0.109 e. The fourth-order valence-corrected chi connectivity index (χ4v) is 3.67. The average molecular weight is 612 g/mol. The van der Waals surface area contributed by atoms with E-state index in [2.05, 4.69) is 99.9 Å². The van der Waals surface area contributed by atoms with Gasteiger partial charge in [-0.1, -0.05) is 76.3 Å². The third-order valence-corrected chi connectivity index (χ3v) is 5.72. The van der Waals surface area contributed by atoms with Crippen LogP contribution in [-0.4, -0.2) is 3.71 Å². The van der Waals surface area contributed by atoms with Crippen LogP contribution in [-0.2, 0) is 41.5 Å². The molecule has 0 saturated carbocycles. The first-order chi connectivity index (χ1) is 16.6. The van der Waals surface area contributed by atoms with Crippen molar-refractivity contribution in [2.45, 2.75) is 72.1 Å². The number of benzene rings is 3. The molecule has 0 atom stereocenters. The minimum absolute atomic E-state index is 0. The number of allylic oxidation sites excluding steroid dienone is 4. The molecule has 0 amide bonds. The van der Waals surface area contributed by atoms with Gasteiger partial charge in [-0.2, -0.15) is 71.8 Å². The quantitative estimate of drug-likeness (QED) is 0.174. The van der Waals surface area contributed by atoms with E-state index < -0.39 is 0 Å². The second-order valence-electron chi connectivity index (χ2n) is 10.7. The van der Waals surface area contributed by atoms with Crippen LogP contribution in [0.3, 0.4) is 0 Å². The molecule has 198 valence electrons. The molecule has 0 unspecified atom stereocenters. The van der Waals surface area contributed by atoms with Crippen molar-refractivity contribution < 1.29 is 24.2 Å². The summed E-state index contributed by atoms with van der Waals surface area (Å²) in [6.45, 7) is 15.7. The normalized spacial score (nSPS) is 11.9. The fourth-order valence-electron chi connectivity index (χ4n) is 3.67. The molecular formula is C34H41Cl2Zr-3. The summed E-state index contributed by atoms with van der Waals surface area (Å²) in [4.78, 5) is 0. The largest absolute Gasteiger partial charge is 0.273 e. The molecule has 0 saturated heterocycles. The minimum atomic E-state index is 0. The molecule has 0 bridgehead atoms. The van der Waals surface area contributed by atoms with Gasteiger partial charge < -0.3 is 0 Å². The van der Waals surface area contributed by atoms with Gasteiger partial charge in [0.05, 0.1) is 0 Å². The van der Waals surface area contributed by atoms with Crippen LogP contribution >= 0.6 is 24.8 Å². The Morgan fingerprint density at radius 3 is 1.84 bits per heavy atom. The predicted octanol–water partition coefficient (Wildman–Crippen LogP) is 9.64. The molecule has 2 aliphatic rings. The molecule has 0 fully saturated rings. The van der Waals surface area contributed by atoms with Crippen LogP contribution in [0.2, 0.25) is 0 Å². The number of halogens is 2. The molecular weight excluding hydrogens is 571 g/mol. The molecule has 3 aromatic carbocycles. The Labute approximate surface area is 253 Å². The molecule has 3 aromatic rings. The standard InChI is InChI=1S/C21H25.C6H5.C5H5.C2H4.2ClH.Zr/c1-20(2,3)16-9-7-14-11-15-8-10-17(21(4,5)6)13-19(15)18(14)12-16;1-2-4-6-5-3-1;1-2-4-5-3-1;1-2;;;/h7,9-10,12-13H,11H2,1-6H3;1-5H;1-3H,4H2;1H,2H3;2*1H;/q3*-1;;;;. The molecule has 0 heterocycles. The van der Waals surface area contributed by atoms with Gasteiger partial charge in [-0.3, -0.25) is 6.08 Å². The van der Waals surface area contributed by atoms with Crippen molar-refractivity contribution in [3.8, 4) is 11.1 Å². The summed E-state index contributed by atoms with van der Waals surface area (Å²) >= 11 is 1.51. The van der Waals surface area contributed by atoms with Gasteiger partial charge in [-0.25, -0.2) is 12.2 Å². The Morgan fingerprint density at radius 2 is 1.43 bits per heavy atom. The van der Waals surface area contributed by atoms with E-state index in [1.165, 1.54) is 57.6 Å². The summed E-state index contributed by atoms with van der Waals surface area (Å²) in [5.74, 6) is 0. The maximum absolute atomic E-state index is 3.53. The van der Waals surface area contributed by atoms with Crippen molar-refractivity contribution in [1.29, 1.82) is 0 Å². The van der Waals surface area contributed by atoms with Gasteiger partial charge in [0, 0.05) is 0 Å². The van der Waals surface area contributed by atoms with Crippen molar-refractivity contribution in [3.63, 3.8) is 0 Å². The topological polar surface area (TPSA) is 0 Å². The second-order valence-corrected chi connectivity index (χ2v) is 12.1. The van der Waals surface area contributed by atoms with Gasteiger partial charge in [0.15, 0.2) is 0 Å². The van der Waals surface area contributed by atoms with Crippen LogP contribution < -0.4 is 0 Å². The van der Waals surface area contributed by atoms with E-state index in [0.29, 0.717) is 0 Å². The molecule has 0 aromatic heterocycles. The van der Waals surface area contributed by atoms with Crippen LogP contribution in [0.25, 0.3) is 11.1 Å². The van der Waals surface area contributed by atoms with Crippen LogP contribution in [0.1, 0.15) is 77.1 Å². The van der Waals surface area contributed by atoms with Gasteiger partial charge in [-0.05, 0) is 17.4 Å². The molecule has 2 aliphatic carbocycles. The van der Waals surface area contributed by atoms with Crippen molar-refractivity contribution in [2.24, 2.45) is 0 Å². The zero-order chi connectivity index (χ0) is 25.9. The molecule has 5 rings (SSSR count). The van der Waals surface area contributed by atoms with Gasteiger partial charge in [0.1, 0.15) is 0 Å². The Morgan fingerprint density at radius 1 is 0.838 bits per heavy atom. The van der Waals surface area contributed by atoms with E-state index >= 15 is 0 Å². The van der Waals surface area contributed by atoms with Gasteiger partial charge >= 0.3 is 34.9 Å². The van der Waals surface area contributed by atoms with E-state index in [1.807, 2.05) is 49.4 Å². The third-order valence-electron chi connectivity index (χ3n) is 5.72. The maximum atomic E-state index is 3.53. The van der Waals surface area contributed by atoms with Crippen LogP contribution in [0, 0.1) is 18.2 Å². The number of hydrogen-bond acceptors (Lipinski definition) is 0. The molecule has 0 N–H and O–H groups in total. The molecule has 37 heavy (non-hydrogen) atoms. The van der Waals surface area contributed by atoms with Gasteiger partial charge in [-0.15, -0.1) is 36.8 Å². The van der Waals surface area contributed by atoms with Gasteiger partial charge in [0.25, 0.3) is 0 Å². The van der Waals surface area contributed by atoms with Crippen molar-refractivity contribution in [3.05, 3.63) is 119 Å². The summed E-state index contributed by atoms with van der Waals surface area (Å²) in [6, 6.07) is 27.6. The zero-order valence-corrected chi connectivity index (χ0v) is 27.4. The molecule has 0 radical (unpaired) electrons. The molecule has 0 aliphatic heterocycles. The summed E-state index contributed by atoms with van der Waals surface area (Å²) in [7, 11) is 0. The summed E-state index contributed by atoms with van der Waals surface area (Å²) < 4.78 is 2.09. The summed E-state index contributed by atoms with van der Waals surface area (Å²) in [5.41, 5.74) is 8.76. The zero-order valence-electron chi connectivity index (χ0n) is 23.3. The SMILES string of the molecule is CC(C)(C)c1c[c-]c2c(c1)-c1cc(C(C)(C)C)ccc1C2.C[CH]=[Zr].Cl.Cl.[C-]1=CC=CC1.[c-]1ccccc1. The molecule has 3 heteroatoms. The molecule has 0 nitrogen and oxygen atoms in total. The number of rotatable bonds is 0. The van der Waals surface area contributed by atoms with Crippen LogP contribution in [0.5, 0.6) is 0 Å². The van der Waals surface area contributed by atoms with Crippen LogP contribution in [0.15, 0.2) is 78.9 Å². The first-order valence-electron chi connectivity index (χ1n) is 12.3. The predicted molar refractivity (Wildman–Crippen MR) is 164 cm³/mol. The van der Waals surface area contributed by atoms with E-state index in [9.17, 15) is 0 Å². The Bertz CT molecular complexity index is 1030. The average Bonchev–Trinajstić information content (AvgIpc) is 3.51. The first kappa shape index (κ1) is 35.5. The molecule has 0 spiro atoms. The van der Waals surface area contributed by atoms with Crippen molar-refractivity contribution in [1.82, 2.24) is 0 Å². The first-order valence-corrected chi connectivity index (χ1v) is 13.8. The Kier molecular flexibility index (Phi) is 16.4.